The van der Waals surface area contributed by atoms with Crippen molar-refractivity contribution in [3.63, 3.8) is 0 Å². The molecule has 3 aromatic rings. The molecule has 1 saturated heterocycles. The molecule has 0 aliphatic carbocycles. The van der Waals surface area contributed by atoms with E-state index in [4.69, 9.17) is 18.6 Å². The SMILES string of the molecule is O=C(Nc1c(C(=O)N2CCOCC2)oc2ccccc12)C1COc2ccccc2O1. The second-order valence-corrected chi connectivity index (χ2v) is 7.06. The lowest BCUT2D eigenvalue weighted by Gasteiger charge is -2.27. The van der Waals surface area contributed by atoms with Crippen LogP contribution in [-0.4, -0.2) is 55.7 Å². The lowest BCUT2D eigenvalue weighted by atomic mass is 10.2. The predicted octanol–water partition coefficient (Wildman–Crippen LogP) is 2.68. The Morgan fingerprint density at radius 3 is 2.53 bits per heavy atom. The average Bonchev–Trinajstić information content (AvgIpc) is 3.17. The van der Waals surface area contributed by atoms with E-state index >= 15 is 0 Å². The van der Waals surface area contributed by atoms with Gasteiger partial charge in [0.2, 0.25) is 11.9 Å². The number of benzene rings is 2. The molecule has 1 fully saturated rings. The minimum Gasteiger partial charge on any atom is -0.485 e. The molecule has 0 bridgehead atoms. The van der Waals surface area contributed by atoms with Crippen LogP contribution in [0.5, 0.6) is 11.5 Å². The first-order valence-electron chi connectivity index (χ1n) is 9.78. The van der Waals surface area contributed by atoms with Crippen molar-refractivity contribution < 1.29 is 28.2 Å². The topological polar surface area (TPSA) is 90.2 Å². The minimum absolute atomic E-state index is 0.0748. The molecule has 2 aliphatic rings. The molecular formula is C22H20N2O6. The lowest BCUT2D eigenvalue weighted by Crippen LogP contribution is -2.42. The number of hydrogen-bond donors (Lipinski definition) is 1. The summed E-state index contributed by atoms with van der Waals surface area (Å²) in [5.41, 5.74) is 0.866. The van der Waals surface area contributed by atoms with Crippen molar-refractivity contribution in [2.24, 2.45) is 0 Å². The highest BCUT2D eigenvalue weighted by Gasteiger charge is 2.32. The van der Waals surface area contributed by atoms with Crippen molar-refractivity contribution in [2.75, 3.05) is 38.2 Å². The molecule has 5 rings (SSSR count). The van der Waals surface area contributed by atoms with Crippen molar-refractivity contribution in [1.82, 2.24) is 4.90 Å². The van der Waals surface area contributed by atoms with Gasteiger partial charge in [0, 0.05) is 18.5 Å². The predicted molar refractivity (Wildman–Crippen MR) is 108 cm³/mol. The minimum atomic E-state index is -0.847. The van der Waals surface area contributed by atoms with Crippen molar-refractivity contribution >= 4 is 28.5 Å². The highest BCUT2D eigenvalue weighted by molar-refractivity contribution is 6.11. The first-order valence-corrected chi connectivity index (χ1v) is 9.78. The smallest absolute Gasteiger partial charge is 0.291 e. The first-order chi connectivity index (χ1) is 14.7. The highest BCUT2D eigenvalue weighted by atomic mass is 16.6. The van der Waals surface area contributed by atoms with Crippen LogP contribution in [0.15, 0.2) is 52.9 Å². The fourth-order valence-electron chi connectivity index (χ4n) is 3.58. The van der Waals surface area contributed by atoms with Gasteiger partial charge in [0.15, 0.2) is 11.5 Å². The molecule has 1 atom stereocenters. The van der Waals surface area contributed by atoms with Crippen LogP contribution in [0.2, 0.25) is 0 Å². The number of carbonyl (C=O) groups excluding carboxylic acids is 2. The number of morpholine rings is 1. The van der Waals surface area contributed by atoms with Gasteiger partial charge in [-0.25, -0.2) is 0 Å². The Balaban J connectivity index is 1.43. The molecule has 2 aliphatic heterocycles. The molecule has 2 aromatic carbocycles. The molecule has 8 heteroatoms. The molecule has 8 nitrogen and oxygen atoms in total. The molecule has 3 heterocycles. The zero-order valence-corrected chi connectivity index (χ0v) is 16.1. The summed E-state index contributed by atoms with van der Waals surface area (Å²) in [5.74, 6) is 0.510. The van der Waals surface area contributed by atoms with Gasteiger partial charge in [0.1, 0.15) is 17.9 Å². The molecule has 1 aromatic heterocycles. The summed E-state index contributed by atoms with van der Waals surface area (Å²) in [4.78, 5) is 27.7. The number of anilines is 1. The van der Waals surface area contributed by atoms with Crippen LogP contribution < -0.4 is 14.8 Å². The van der Waals surface area contributed by atoms with Gasteiger partial charge < -0.3 is 28.8 Å². The number of ether oxygens (including phenoxy) is 3. The number of carbonyl (C=O) groups is 2. The van der Waals surface area contributed by atoms with Gasteiger partial charge in [0.25, 0.3) is 11.8 Å². The molecule has 0 radical (unpaired) electrons. The van der Waals surface area contributed by atoms with Crippen LogP contribution in [0, 0.1) is 0 Å². The van der Waals surface area contributed by atoms with E-state index in [1.807, 2.05) is 24.3 Å². The van der Waals surface area contributed by atoms with Crippen LogP contribution in [0.4, 0.5) is 5.69 Å². The first kappa shape index (κ1) is 18.5. The van der Waals surface area contributed by atoms with Crippen LogP contribution in [-0.2, 0) is 9.53 Å². The van der Waals surface area contributed by atoms with E-state index in [2.05, 4.69) is 5.32 Å². The van der Waals surface area contributed by atoms with E-state index < -0.39 is 12.0 Å². The molecule has 0 saturated carbocycles. The normalized spacial score (nSPS) is 18.3. The number of hydrogen-bond acceptors (Lipinski definition) is 6. The molecule has 154 valence electrons. The second kappa shape index (κ2) is 7.72. The largest absolute Gasteiger partial charge is 0.485 e. The molecule has 2 amide bonds. The summed E-state index contributed by atoms with van der Waals surface area (Å²) >= 11 is 0. The van der Waals surface area contributed by atoms with Gasteiger partial charge in [-0.2, -0.15) is 0 Å². The third-order valence-electron chi connectivity index (χ3n) is 5.14. The maximum Gasteiger partial charge on any atom is 0.291 e. The number of nitrogens with one attached hydrogen (secondary N) is 1. The second-order valence-electron chi connectivity index (χ2n) is 7.06. The molecule has 1 N–H and O–H groups in total. The van der Waals surface area contributed by atoms with Gasteiger partial charge in [-0.1, -0.05) is 24.3 Å². The summed E-state index contributed by atoms with van der Waals surface area (Å²) in [5, 5.41) is 3.49. The number of amides is 2. The molecule has 1 unspecified atom stereocenters. The van der Waals surface area contributed by atoms with E-state index in [0.29, 0.717) is 54.5 Å². The number of nitrogens with zero attached hydrogens (tertiary/aromatic N) is 1. The Labute approximate surface area is 172 Å². The third kappa shape index (κ3) is 3.35. The fourth-order valence-corrected chi connectivity index (χ4v) is 3.58. The van der Waals surface area contributed by atoms with E-state index in [-0.39, 0.29) is 18.3 Å². The summed E-state index contributed by atoms with van der Waals surface area (Å²) in [6.07, 6.45) is -0.847. The molecular weight excluding hydrogens is 388 g/mol. The van der Waals surface area contributed by atoms with Crippen molar-refractivity contribution in [3.05, 3.63) is 54.3 Å². The van der Waals surface area contributed by atoms with E-state index in [1.54, 1.807) is 29.2 Å². The van der Waals surface area contributed by atoms with Gasteiger partial charge in [0.05, 0.1) is 13.2 Å². The van der Waals surface area contributed by atoms with Gasteiger partial charge >= 0.3 is 0 Å². The zero-order valence-electron chi connectivity index (χ0n) is 16.1. The fraction of sp³-hybridized carbons (Fsp3) is 0.273. The number of para-hydroxylation sites is 3. The third-order valence-corrected chi connectivity index (χ3v) is 5.14. The average molecular weight is 408 g/mol. The van der Waals surface area contributed by atoms with E-state index in [1.165, 1.54) is 0 Å². The van der Waals surface area contributed by atoms with Crippen LogP contribution in [0.3, 0.4) is 0 Å². The quantitative estimate of drug-likeness (QED) is 0.717. The van der Waals surface area contributed by atoms with Crippen molar-refractivity contribution in [3.8, 4) is 11.5 Å². The maximum absolute atomic E-state index is 13.1. The van der Waals surface area contributed by atoms with E-state index in [0.717, 1.165) is 0 Å². The Bertz CT molecular complexity index is 1100. The Morgan fingerprint density at radius 1 is 0.967 bits per heavy atom. The van der Waals surface area contributed by atoms with E-state index in [9.17, 15) is 9.59 Å². The Morgan fingerprint density at radius 2 is 1.70 bits per heavy atom. The molecule has 0 spiro atoms. The van der Waals surface area contributed by atoms with Crippen molar-refractivity contribution in [1.29, 1.82) is 0 Å². The maximum atomic E-state index is 13.1. The van der Waals surface area contributed by atoms with Crippen molar-refractivity contribution in [2.45, 2.75) is 6.10 Å². The summed E-state index contributed by atoms with van der Waals surface area (Å²) in [7, 11) is 0. The van der Waals surface area contributed by atoms with Gasteiger partial charge in [-0.3, -0.25) is 9.59 Å². The summed E-state index contributed by atoms with van der Waals surface area (Å²) in [6, 6.07) is 14.4. The van der Waals surface area contributed by atoms with Crippen LogP contribution in [0.1, 0.15) is 10.6 Å². The lowest BCUT2D eigenvalue weighted by molar-refractivity contribution is -0.125. The zero-order chi connectivity index (χ0) is 20.5. The monoisotopic (exact) mass is 408 g/mol. The Kier molecular flexibility index (Phi) is 4.76. The number of fused-ring (bicyclic) bond motifs is 2. The highest BCUT2D eigenvalue weighted by Crippen LogP contribution is 2.34. The number of rotatable bonds is 3. The van der Waals surface area contributed by atoms with Crippen LogP contribution in [0.25, 0.3) is 11.0 Å². The summed E-state index contributed by atoms with van der Waals surface area (Å²) < 4.78 is 22.6. The van der Waals surface area contributed by atoms with Crippen LogP contribution >= 0.6 is 0 Å². The summed E-state index contributed by atoms with van der Waals surface area (Å²) in [6.45, 7) is 1.96. The van der Waals surface area contributed by atoms with Gasteiger partial charge in [-0.05, 0) is 24.3 Å². The Hall–Kier alpha value is -3.52. The number of furan rings is 1. The molecule has 30 heavy (non-hydrogen) atoms. The van der Waals surface area contributed by atoms with Gasteiger partial charge in [-0.15, -0.1) is 0 Å². The standard InChI is InChI=1S/C22H20N2O6/c25-21(18-13-28-16-7-3-4-8-17(16)29-18)23-19-14-5-1-2-6-15(14)30-20(19)22(26)24-9-11-27-12-10-24/h1-8,18H,9-13H2,(H,23,25).